The lowest BCUT2D eigenvalue weighted by molar-refractivity contribution is 0.102. The van der Waals surface area contributed by atoms with Crippen LogP contribution in [0.2, 0.25) is 0 Å². The van der Waals surface area contributed by atoms with Crippen LogP contribution in [0.1, 0.15) is 28.9 Å². The van der Waals surface area contributed by atoms with Crippen LogP contribution in [0, 0.1) is 17.5 Å². The SMILES string of the molecule is Cn1cc(NC(=O)c2ccc(F)c(-c3c(F)cc(C4(O)CC4)cc3F)n2)cn1. The first-order valence-electron chi connectivity index (χ1n) is 8.46. The molecule has 2 N–H and O–H groups in total. The van der Waals surface area contributed by atoms with Gasteiger partial charge < -0.3 is 10.4 Å². The summed E-state index contributed by atoms with van der Waals surface area (Å²) < 4.78 is 44.8. The van der Waals surface area contributed by atoms with Gasteiger partial charge >= 0.3 is 0 Å². The number of halogens is 3. The van der Waals surface area contributed by atoms with Crippen molar-refractivity contribution in [1.29, 1.82) is 0 Å². The third kappa shape index (κ3) is 3.24. The zero-order chi connectivity index (χ0) is 20.1. The molecule has 0 bridgehead atoms. The molecule has 2 aromatic heterocycles. The standard InChI is InChI=1S/C19H15F3N4O2/c1-26-9-11(8-23-26)24-18(27)15-3-2-12(20)17(25-15)16-13(21)6-10(7-14(16)22)19(28)4-5-19/h2-3,6-9,28H,4-5H2,1H3,(H,24,27). The summed E-state index contributed by atoms with van der Waals surface area (Å²) in [4.78, 5) is 16.1. The smallest absolute Gasteiger partial charge is 0.274 e. The number of aromatic nitrogens is 3. The summed E-state index contributed by atoms with van der Waals surface area (Å²) in [6.45, 7) is 0. The van der Waals surface area contributed by atoms with Gasteiger partial charge in [-0.15, -0.1) is 0 Å². The highest BCUT2D eigenvalue weighted by Gasteiger charge is 2.43. The van der Waals surface area contributed by atoms with Crippen molar-refractivity contribution < 1.29 is 23.1 Å². The molecule has 0 spiro atoms. The Bertz CT molecular complexity index is 1070. The molecule has 28 heavy (non-hydrogen) atoms. The lowest BCUT2D eigenvalue weighted by Gasteiger charge is -2.13. The average Bonchev–Trinajstić information content (AvgIpc) is 3.26. The van der Waals surface area contributed by atoms with Gasteiger partial charge in [-0.25, -0.2) is 18.2 Å². The highest BCUT2D eigenvalue weighted by atomic mass is 19.1. The molecule has 0 aliphatic heterocycles. The molecule has 9 heteroatoms. The number of carbonyl (C=O) groups excluding carboxylic acids is 1. The predicted molar refractivity (Wildman–Crippen MR) is 93.8 cm³/mol. The molecule has 3 aromatic rings. The molecule has 1 amide bonds. The fourth-order valence-corrected chi connectivity index (χ4v) is 2.90. The van der Waals surface area contributed by atoms with E-state index in [0.29, 0.717) is 18.5 Å². The molecule has 4 rings (SSSR count). The van der Waals surface area contributed by atoms with Crippen LogP contribution >= 0.6 is 0 Å². The molecule has 0 radical (unpaired) electrons. The molecule has 1 aromatic carbocycles. The molecule has 6 nitrogen and oxygen atoms in total. The Kier molecular flexibility index (Phi) is 4.19. The molecule has 1 aliphatic rings. The number of amides is 1. The second-order valence-electron chi connectivity index (χ2n) is 6.73. The molecule has 1 saturated carbocycles. The van der Waals surface area contributed by atoms with E-state index < -0.39 is 40.2 Å². The Morgan fingerprint density at radius 3 is 2.43 bits per heavy atom. The van der Waals surface area contributed by atoms with Crippen molar-refractivity contribution in [3.8, 4) is 11.3 Å². The van der Waals surface area contributed by atoms with E-state index in [1.54, 1.807) is 13.2 Å². The molecule has 2 heterocycles. The lowest BCUT2D eigenvalue weighted by Crippen LogP contribution is -2.14. The number of aryl methyl sites for hydroxylation is 1. The first-order valence-corrected chi connectivity index (χ1v) is 8.46. The molecular formula is C19H15F3N4O2. The number of pyridine rings is 1. The van der Waals surface area contributed by atoms with Gasteiger partial charge in [0, 0.05) is 13.2 Å². The third-order valence-electron chi connectivity index (χ3n) is 4.58. The van der Waals surface area contributed by atoms with Crippen molar-refractivity contribution in [2.45, 2.75) is 18.4 Å². The summed E-state index contributed by atoms with van der Waals surface area (Å²) in [5.41, 5.74) is -2.29. The molecule has 0 unspecified atom stereocenters. The number of aliphatic hydroxyl groups is 1. The molecule has 144 valence electrons. The Hall–Kier alpha value is -3.20. The minimum atomic E-state index is -1.24. The summed E-state index contributed by atoms with van der Waals surface area (Å²) in [7, 11) is 1.66. The third-order valence-corrected chi connectivity index (χ3v) is 4.58. The fourth-order valence-electron chi connectivity index (χ4n) is 2.90. The van der Waals surface area contributed by atoms with Crippen LogP contribution < -0.4 is 5.32 Å². The van der Waals surface area contributed by atoms with E-state index in [1.807, 2.05) is 0 Å². The van der Waals surface area contributed by atoms with Gasteiger partial charge in [0.1, 0.15) is 28.8 Å². The van der Waals surface area contributed by atoms with Crippen LogP contribution in [0.15, 0.2) is 36.7 Å². The van der Waals surface area contributed by atoms with Crippen LogP contribution in [-0.2, 0) is 12.6 Å². The van der Waals surface area contributed by atoms with Crippen molar-refractivity contribution in [3.63, 3.8) is 0 Å². The highest BCUT2D eigenvalue weighted by molar-refractivity contribution is 6.03. The highest BCUT2D eigenvalue weighted by Crippen LogP contribution is 2.46. The maximum atomic E-state index is 14.5. The van der Waals surface area contributed by atoms with E-state index in [2.05, 4.69) is 15.4 Å². The molecule has 0 atom stereocenters. The molecular weight excluding hydrogens is 373 g/mol. The van der Waals surface area contributed by atoms with Crippen LogP contribution in [0.4, 0.5) is 18.9 Å². The lowest BCUT2D eigenvalue weighted by atomic mass is 10.0. The summed E-state index contributed by atoms with van der Waals surface area (Å²) in [6, 6.07) is 3.97. The summed E-state index contributed by atoms with van der Waals surface area (Å²) in [5.74, 6) is -3.79. The number of carbonyl (C=O) groups is 1. The summed E-state index contributed by atoms with van der Waals surface area (Å²) >= 11 is 0. The Morgan fingerprint density at radius 2 is 1.86 bits per heavy atom. The number of hydrogen-bond acceptors (Lipinski definition) is 4. The van der Waals surface area contributed by atoms with Crippen molar-refractivity contribution in [2.24, 2.45) is 7.05 Å². The quantitative estimate of drug-likeness (QED) is 0.720. The number of benzene rings is 1. The number of rotatable bonds is 4. The van der Waals surface area contributed by atoms with Crippen LogP contribution in [0.3, 0.4) is 0 Å². The number of anilines is 1. The first kappa shape index (κ1) is 18.2. The first-order chi connectivity index (χ1) is 13.3. The number of hydrogen-bond donors (Lipinski definition) is 2. The fraction of sp³-hybridized carbons (Fsp3) is 0.211. The van der Waals surface area contributed by atoms with Gasteiger partial charge in [-0.3, -0.25) is 9.48 Å². The van der Waals surface area contributed by atoms with Crippen LogP contribution in [0.5, 0.6) is 0 Å². The van der Waals surface area contributed by atoms with E-state index in [9.17, 15) is 23.1 Å². The van der Waals surface area contributed by atoms with Crippen LogP contribution in [0.25, 0.3) is 11.3 Å². The molecule has 1 aliphatic carbocycles. The molecule has 1 fully saturated rings. The van der Waals surface area contributed by atoms with Crippen molar-refractivity contribution in [1.82, 2.24) is 14.8 Å². The maximum absolute atomic E-state index is 14.5. The largest absolute Gasteiger partial charge is 0.385 e. The zero-order valence-corrected chi connectivity index (χ0v) is 14.7. The minimum absolute atomic E-state index is 0.0946. The van der Waals surface area contributed by atoms with Crippen molar-refractivity contribution in [2.75, 3.05) is 5.32 Å². The Balaban J connectivity index is 1.70. The van der Waals surface area contributed by atoms with E-state index in [-0.39, 0.29) is 11.3 Å². The second kappa shape index (κ2) is 6.45. The Morgan fingerprint density at radius 1 is 1.18 bits per heavy atom. The zero-order valence-electron chi connectivity index (χ0n) is 14.7. The second-order valence-corrected chi connectivity index (χ2v) is 6.73. The van der Waals surface area contributed by atoms with Gasteiger partial charge in [0.25, 0.3) is 5.91 Å². The summed E-state index contributed by atoms with van der Waals surface area (Å²) in [6.07, 6.45) is 3.76. The normalized spacial score (nSPS) is 14.8. The topological polar surface area (TPSA) is 80.0 Å². The van der Waals surface area contributed by atoms with Gasteiger partial charge in [0.2, 0.25) is 0 Å². The van der Waals surface area contributed by atoms with Gasteiger partial charge in [-0.1, -0.05) is 0 Å². The van der Waals surface area contributed by atoms with Gasteiger partial charge in [-0.2, -0.15) is 5.10 Å². The maximum Gasteiger partial charge on any atom is 0.274 e. The Labute approximate surface area is 157 Å². The van der Waals surface area contributed by atoms with Crippen molar-refractivity contribution >= 4 is 11.6 Å². The van der Waals surface area contributed by atoms with E-state index in [1.165, 1.54) is 10.9 Å². The monoisotopic (exact) mass is 388 g/mol. The van der Waals surface area contributed by atoms with Gasteiger partial charge in [0.05, 0.1) is 23.0 Å². The number of nitrogens with zero attached hydrogens (tertiary/aromatic N) is 3. The van der Waals surface area contributed by atoms with E-state index >= 15 is 0 Å². The molecule has 0 saturated heterocycles. The van der Waals surface area contributed by atoms with E-state index in [0.717, 1.165) is 24.3 Å². The number of nitrogens with one attached hydrogen (secondary N) is 1. The van der Waals surface area contributed by atoms with Gasteiger partial charge in [-0.05, 0) is 42.7 Å². The average molecular weight is 388 g/mol. The van der Waals surface area contributed by atoms with Gasteiger partial charge in [0.15, 0.2) is 0 Å². The summed E-state index contributed by atoms with van der Waals surface area (Å²) in [5, 5.41) is 16.5. The van der Waals surface area contributed by atoms with Crippen LogP contribution in [-0.4, -0.2) is 25.8 Å². The minimum Gasteiger partial charge on any atom is -0.385 e. The predicted octanol–water partition coefficient (Wildman–Crippen LogP) is 3.13. The van der Waals surface area contributed by atoms with Crippen molar-refractivity contribution in [3.05, 3.63) is 65.4 Å². The van der Waals surface area contributed by atoms with E-state index in [4.69, 9.17) is 0 Å².